The van der Waals surface area contributed by atoms with Gasteiger partial charge in [0.1, 0.15) is 11.7 Å². The third-order valence-electron chi connectivity index (χ3n) is 3.71. The number of likely N-dealkylation sites (tertiary alicyclic amines) is 1. The van der Waals surface area contributed by atoms with Crippen LogP contribution in [-0.4, -0.2) is 40.4 Å². The average molecular weight is 247 g/mol. The maximum atomic E-state index is 12.3. The van der Waals surface area contributed by atoms with Gasteiger partial charge in [0.25, 0.3) is 5.91 Å². The van der Waals surface area contributed by atoms with Gasteiger partial charge in [0.15, 0.2) is 0 Å². The number of amides is 2. The van der Waals surface area contributed by atoms with E-state index < -0.39 is 6.04 Å². The van der Waals surface area contributed by atoms with Gasteiger partial charge in [-0.1, -0.05) is 0 Å². The standard InChI is InChI=1S/C13H17N3O2/c17-12-11-5-4-8-16(11)9-10(14-12)13(18)15-6-2-1-3-7-15/h4-5,8,10H,1-3,6-7,9H2,(H,14,17). The molecule has 1 atom stereocenters. The molecule has 1 aromatic heterocycles. The molecule has 0 saturated carbocycles. The topological polar surface area (TPSA) is 54.3 Å². The van der Waals surface area contributed by atoms with Crippen molar-refractivity contribution >= 4 is 11.8 Å². The molecular formula is C13H17N3O2. The lowest BCUT2D eigenvalue weighted by molar-refractivity contribution is -0.134. The minimum Gasteiger partial charge on any atom is -0.341 e. The number of aromatic nitrogens is 1. The van der Waals surface area contributed by atoms with Gasteiger partial charge in [-0.3, -0.25) is 9.59 Å². The number of nitrogens with one attached hydrogen (secondary N) is 1. The van der Waals surface area contributed by atoms with Gasteiger partial charge in [-0.05, 0) is 31.4 Å². The highest BCUT2D eigenvalue weighted by Gasteiger charge is 2.31. The number of nitrogens with zero attached hydrogens (tertiary/aromatic N) is 2. The van der Waals surface area contributed by atoms with Gasteiger partial charge in [0, 0.05) is 19.3 Å². The fourth-order valence-corrected chi connectivity index (χ4v) is 2.73. The predicted octanol–water partition coefficient (Wildman–Crippen LogP) is 0.613. The van der Waals surface area contributed by atoms with Gasteiger partial charge in [-0.25, -0.2) is 0 Å². The highest BCUT2D eigenvalue weighted by atomic mass is 16.2. The molecule has 1 fully saturated rings. The van der Waals surface area contributed by atoms with E-state index in [-0.39, 0.29) is 11.8 Å². The zero-order valence-electron chi connectivity index (χ0n) is 10.3. The molecule has 3 rings (SSSR count). The molecular weight excluding hydrogens is 230 g/mol. The third kappa shape index (κ3) is 1.89. The van der Waals surface area contributed by atoms with Crippen LogP contribution in [0.15, 0.2) is 18.3 Å². The van der Waals surface area contributed by atoms with E-state index in [9.17, 15) is 9.59 Å². The summed E-state index contributed by atoms with van der Waals surface area (Å²) in [5, 5.41) is 2.80. The van der Waals surface area contributed by atoms with Gasteiger partial charge in [0.2, 0.25) is 5.91 Å². The van der Waals surface area contributed by atoms with E-state index in [4.69, 9.17) is 0 Å². The number of fused-ring (bicyclic) bond motifs is 1. The molecule has 96 valence electrons. The van der Waals surface area contributed by atoms with Crippen molar-refractivity contribution in [2.24, 2.45) is 0 Å². The van der Waals surface area contributed by atoms with Crippen LogP contribution in [0.25, 0.3) is 0 Å². The van der Waals surface area contributed by atoms with Crippen molar-refractivity contribution in [3.63, 3.8) is 0 Å². The molecule has 0 radical (unpaired) electrons. The molecule has 2 amide bonds. The lowest BCUT2D eigenvalue weighted by atomic mass is 10.1. The summed E-state index contributed by atoms with van der Waals surface area (Å²) >= 11 is 0. The van der Waals surface area contributed by atoms with E-state index >= 15 is 0 Å². The van der Waals surface area contributed by atoms with Crippen molar-refractivity contribution < 1.29 is 9.59 Å². The van der Waals surface area contributed by atoms with Crippen LogP contribution in [0, 0.1) is 0 Å². The Morgan fingerprint density at radius 2 is 2.06 bits per heavy atom. The highest BCUT2D eigenvalue weighted by Crippen LogP contribution is 2.14. The number of carbonyl (C=O) groups is 2. The first-order valence-electron chi connectivity index (χ1n) is 6.50. The van der Waals surface area contributed by atoms with Crippen LogP contribution in [0.5, 0.6) is 0 Å². The number of rotatable bonds is 1. The van der Waals surface area contributed by atoms with Gasteiger partial charge < -0.3 is 14.8 Å². The first-order chi connectivity index (χ1) is 8.75. The van der Waals surface area contributed by atoms with Crippen LogP contribution in [0.3, 0.4) is 0 Å². The molecule has 0 spiro atoms. The monoisotopic (exact) mass is 247 g/mol. The third-order valence-corrected chi connectivity index (χ3v) is 3.71. The van der Waals surface area contributed by atoms with Gasteiger partial charge in [-0.2, -0.15) is 0 Å². The fraction of sp³-hybridized carbons (Fsp3) is 0.538. The van der Waals surface area contributed by atoms with Crippen LogP contribution >= 0.6 is 0 Å². The molecule has 5 heteroatoms. The Labute approximate surface area is 106 Å². The normalized spacial score (nSPS) is 23.4. The fourth-order valence-electron chi connectivity index (χ4n) is 2.73. The molecule has 2 aliphatic rings. The maximum absolute atomic E-state index is 12.3. The van der Waals surface area contributed by atoms with Crippen LogP contribution in [-0.2, 0) is 11.3 Å². The summed E-state index contributed by atoms with van der Waals surface area (Å²) in [7, 11) is 0. The number of hydrogen-bond donors (Lipinski definition) is 1. The first-order valence-corrected chi connectivity index (χ1v) is 6.50. The molecule has 2 aliphatic heterocycles. The summed E-state index contributed by atoms with van der Waals surface area (Å²) in [5.74, 6) is -0.0935. The molecule has 0 aliphatic carbocycles. The number of hydrogen-bond acceptors (Lipinski definition) is 2. The zero-order valence-corrected chi connectivity index (χ0v) is 10.3. The molecule has 1 saturated heterocycles. The van der Waals surface area contributed by atoms with E-state index in [0.717, 1.165) is 25.9 Å². The Kier molecular flexibility index (Phi) is 2.81. The molecule has 1 aromatic rings. The minimum absolute atomic E-state index is 0.0578. The van der Waals surface area contributed by atoms with Crippen molar-refractivity contribution in [1.82, 2.24) is 14.8 Å². The Bertz CT molecular complexity index is 474. The smallest absolute Gasteiger partial charge is 0.268 e. The lowest BCUT2D eigenvalue weighted by Gasteiger charge is -2.32. The molecule has 18 heavy (non-hydrogen) atoms. The van der Waals surface area contributed by atoms with Crippen LogP contribution < -0.4 is 5.32 Å². The van der Waals surface area contributed by atoms with Crippen LogP contribution in [0.2, 0.25) is 0 Å². The Hall–Kier alpha value is -1.78. The first kappa shape index (κ1) is 11.3. The van der Waals surface area contributed by atoms with Crippen molar-refractivity contribution in [2.75, 3.05) is 13.1 Å². The van der Waals surface area contributed by atoms with Gasteiger partial charge >= 0.3 is 0 Å². The van der Waals surface area contributed by atoms with Crippen molar-refractivity contribution in [1.29, 1.82) is 0 Å². The van der Waals surface area contributed by atoms with Gasteiger partial charge in [-0.15, -0.1) is 0 Å². The van der Waals surface area contributed by atoms with Crippen molar-refractivity contribution in [3.8, 4) is 0 Å². The quantitative estimate of drug-likeness (QED) is 0.790. The van der Waals surface area contributed by atoms with Crippen LogP contribution in [0.1, 0.15) is 29.8 Å². The molecule has 5 nitrogen and oxygen atoms in total. The Morgan fingerprint density at radius 1 is 1.28 bits per heavy atom. The summed E-state index contributed by atoms with van der Waals surface area (Å²) < 4.78 is 1.85. The molecule has 1 unspecified atom stereocenters. The largest absolute Gasteiger partial charge is 0.341 e. The predicted molar refractivity (Wildman–Crippen MR) is 66.1 cm³/mol. The Morgan fingerprint density at radius 3 is 2.83 bits per heavy atom. The second-order valence-electron chi connectivity index (χ2n) is 4.96. The number of carbonyl (C=O) groups excluding carboxylic acids is 2. The molecule has 0 bridgehead atoms. The summed E-state index contributed by atoms with van der Waals surface area (Å²) in [6.07, 6.45) is 5.19. The second kappa shape index (κ2) is 4.48. The minimum atomic E-state index is -0.407. The van der Waals surface area contributed by atoms with E-state index in [1.54, 1.807) is 6.07 Å². The summed E-state index contributed by atoms with van der Waals surface area (Å²) in [6.45, 7) is 2.19. The molecule has 0 aromatic carbocycles. The second-order valence-corrected chi connectivity index (χ2v) is 4.96. The zero-order chi connectivity index (χ0) is 12.5. The summed E-state index contributed by atoms with van der Waals surface area (Å²) in [4.78, 5) is 26.0. The van der Waals surface area contributed by atoms with E-state index in [2.05, 4.69) is 5.32 Å². The number of piperidine rings is 1. The van der Waals surface area contributed by atoms with E-state index in [0.29, 0.717) is 12.2 Å². The van der Waals surface area contributed by atoms with Crippen LogP contribution in [0.4, 0.5) is 0 Å². The maximum Gasteiger partial charge on any atom is 0.268 e. The van der Waals surface area contributed by atoms with E-state index in [1.165, 1.54) is 6.42 Å². The van der Waals surface area contributed by atoms with Crippen molar-refractivity contribution in [3.05, 3.63) is 24.0 Å². The Balaban J connectivity index is 1.74. The SMILES string of the molecule is O=C1NC(C(=O)N2CCCCC2)Cn2cccc21. The molecule has 3 heterocycles. The average Bonchev–Trinajstić information content (AvgIpc) is 2.88. The van der Waals surface area contributed by atoms with Gasteiger partial charge in [0.05, 0.1) is 6.54 Å². The highest BCUT2D eigenvalue weighted by molar-refractivity contribution is 5.97. The summed E-state index contributed by atoms with van der Waals surface area (Å²) in [5.41, 5.74) is 0.637. The lowest BCUT2D eigenvalue weighted by Crippen LogP contribution is -2.54. The summed E-state index contributed by atoms with van der Waals surface area (Å²) in [6, 6.07) is 3.20. The van der Waals surface area contributed by atoms with Crippen molar-refractivity contribution in [2.45, 2.75) is 31.8 Å². The van der Waals surface area contributed by atoms with E-state index in [1.807, 2.05) is 21.7 Å². The molecule has 1 N–H and O–H groups in total.